The maximum atomic E-state index is 6.96. The van der Waals surface area contributed by atoms with E-state index in [-0.39, 0.29) is 0 Å². The van der Waals surface area contributed by atoms with E-state index in [0.717, 1.165) is 98.9 Å². The van der Waals surface area contributed by atoms with Crippen LogP contribution in [0.3, 0.4) is 0 Å². The van der Waals surface area contributed by atoms with Crippen molar-refractivity contribution >= 4 is 87.5 Å². The van der Waals surface area contributed by atoms with Gasteiger partial charge in [-0.1, -0.05) is 72.8 Å². The molecular formula is C48H26N2O4. The fourth-order valence-electron chi connectivity index (χ4n) is 8.87. The molecule has 6 nitrogen and oxygen atoms in total. The molecule has 4 aromatic heterocycles. The van der Waals surface area contributed by atoms with Crippen LogP contribution in [0.5, 0.6) is 23.0 Å². The Balaban J connectivity index is 1.01. The van der Waals surface area contributed by atoms with Crippen molar-refractivity contribution in [3.05, 3.63) is 158 Å². The number of benzene rings is 8. The number of hydrogen-bond acceptors (Lipinski definition) is 4. The maximum Gasteiger partial charge on any atom is 0.180 e. The minimum atomic E-state index is 0.685. The van der Waals surface area contributed by atoms with Crippen molar-refractivity contribution in [2.75, 3.05) is 0 Å². The van der Waals surface area contributed by atoms with Gasteiger partial charge in [0, 0.05) is 43.7 Å². The Kier molecular flexibility index (Phi) is 5.28. The van der Waals surface area contributed by atoms with Crippen LogP contribution in [0.1, 0.15) is 0 Å². The molecule has 0 spiro atoms. The van der Waals surface area contributed by atoms with E-state index in [9.17, 15) is 0 Å². The summed E-state index contributed by atoms with van der Waals surface area (Å²) in [4.78, 5) is 0. The van der Waals surface area contributed by atoms with Gasteiger partial charge in [-0.25, -0.2) is 0 Å². The van der Waals surface area contributed by atoms with Gasteiger partial charge in [-0.15, -0.1) is 0 Å². The number of fused-ring (bicyclic) bond motifs is 16. The van der Waals surface area contributed by atoms with Gasteiger partial charge in [0.25, 0.3) is 0 Å². The van der Waals surface area contributed by atoms with Gasteiger partial charge >= 0.3 is 0 Å². The average Bonchev–Trinajstić information content (AvgIpc) is 3.97. The molecule has 13 rings (SSSR count). The molecule has 0 amide bonds. The topological polar surface area (TPSA) is 54.6 Å². The van der Waals surface area contributed by atoms with Gasteiger partial charge < -0.3 is 27.4 Å². The van der Waals surface area contributed by atoms with Crippen molar-refractivity contribution < 1.29 is 18.3 Å². The minimum Gasteiger partial charge on any atom is -0.456 e. The van der Waals surface area contributed by atoms with Gasteiger partial charge in [0.05, 0.1) is 32.8 Å². The quantitative estimate of drug-likeness (QED) is 0.181. The predicted molar refractivity (Wildman–Crippen MR) is 216 cm³/mol. The number of para-hydroxylation sites is 4. The summed E-state index contributed by atoms with van der Waals surface area (Å²) in [6.45, 7) is 0. The average molecular weight is 695 g/mol. The third-order valence-electron chi connectivity index (χ3n) is 11.2. The first-order valence-corrected chi connectivity index (χ1v) is 18.1. The highest BCUT2D eigenvalue weighted by Gasteiger charge is 2.29. The Bertz CT molecular complexity index is 3340. The smallest absolute Gasteiger partial charge is 0.180 e. The fraction of sp³-hybridized carbons (Fsp3) is 0. The van der Waals surface area contributed by atoms with E-state index in [1.54, 1.807) is 0 Å². The number of hydrogen-bond donors (Lipinski definition) is 0. The van der Waals surface area contributed by atoms with Gasteiger partial charge in [-0.3, -0.25) is 0 Å². The zero-order valence-corrected chi connectivity index (χ0v) is 28.5. The van der Waals surface area contributed by atoms with Crippen molar-refractivity contribution in [2.24, 2.45) is 0 Å². The molecule has 1 aliphatic rings. The predicted octanol–water partition coefficient (Wildman–Crippen LogP) is 13.6. The van der Waals surface area contributed by atoms with Crippen LogP contribution in [0.15, 0.2) is 167 Å². The van der Waals surface area contributed by atoms with Gasteiger partial charge in [-0.05, 0) is 84.9 Å². The fourth-order valence-corrected chi connectivity index (χ4v) is 8.87. The summed E-state index contributed by atoms with van der Waals surface area (Å²) in [5.41, 5.74) is 9.85. The standard InChI is InChI=1S/C48H26N2O4/c1-5-13-35-31(11-1)45-37(49(35)27-17-21-41-33(25-27)29-9-3-7-15-39(29)51-41)19-23-43-47(45)53-44-24-20-38-46(48(44)54-43)32-12-2-6-14-36(32)50(38)28-18-22-42-34(26-28)30-10-4-8-16-40(30)52-42/h1-26H. The van der Waals surface area contributed by atoms with Crippen LogP contribution in [0.4, 0.5) is 0 Å². The molecule has 12 aromatic rings. The molecule has 0 radical (unpaired) electrons. The van der Waals surface area contributed by atoms with Crippen LogP contribution >= 0.6 is 0 Å². The Hall–Kier alpha value is -7.44. The van der Waals surface area contributed by atoms with E-state index >= 15 is 0 Å². The maximum absolute atomic E-state index is 6.96. The first-order valence-electron chi connectivity index (χ1n) is 18.1. The SMILES string of the molecule is c1ccc2c(c1)oc1ccc(-n3c4ccccc4c4c5c(ccc43)Oc3c(ccc4c3c3ccccc3n4-c3ccc4oc6ccccc6c4c3)O5)cc12. The molecule has 0 saturated carbocycles. The van der Waals surface area contributed by atoms with Crippen molar-refractivity contribution in [1.82, 2.24) is 9.13 Å². The Morgan fingerprint density at radius 3 is 1.20 bits per heavy atom. The molecule has 5 heterocycles. The summed E-state index contributed by atoms with van der Waals surface area (Å²) < 4.78 is 30.9. The second kappa shape index (κ2) is 10.1. The van der Waals surface area contributed by atoms with E-state index in [1.807, 2.05) is 36.4 Å². The summed E-state index contributed by atoms with van der Waals surface area (Å²) in [6.07, 6.45) is 0. The zero-order chi connectivity index (χ0) is 35.1. The van der Waals surface area contributed by atoms with E-state index in [2.05, 4.69) is 130 Å². The molecule has 1 aliphatic heterocycles. The normalized spacial score (nSPS) is 12.7. The molecule has 0 N–H and O–H groups in total. The summed E-state index contributed by atoms with van der Waals surface area (Å²) in [7, 11) is 0. The highest BCUT2D eigenvalue weighted by Crippen LogP contribution is 2.55. The molecule has 0 bridgehead atoms. The molecule has 0 saturated heterocycles. The van der Waals surface area contributed by atoms with Crippen molar-refractivity contribution in [3.63, 3.8) is 0 Å². The number of rotatable bonds is 2. The van der Waals surface area contributed by atoms with E-state index in [0.29, 0.717) is 23.0 Å². The molecule has 0 unspecified atom stereocenters. The van der Waals surface area contributed by atoms with E-state index in [4.69, 9.17) is 18.3 Å². The summed E-state index contributed by atoms with van der Waals surface area (Å²) in [6, 6.07) is 54.6. The van der Waals surface area contributed by atoms with Gasteiger partial charge in [0.2, 0.25) is 0 Å². The number of ether oxygens (including phenoxy) is 2. The summed E-state index contributed by atoms with van der Waals surface area (Å²) in [5.74, 6) is 2.80. The number of aromatic nitrogens is 2. The summed E-state index contributed by atoms with van der Waals surface area (Å²) in [5, 5.41) is 8.57. The molecule has 0 atom stereocenters. The van der Waals surface area contributed by atoms with Crippen LogP contribution in [0.2, 0.25) is 0 Å². The van der Waals surface area contributed by atoms with Crippen LogP contribution in [-0.4, -0.2) is 9.13 Å². The third kappa shape index (κ3) is 3.63. The van der Waals surface area contributed by atoms with Crippen LogP contribution in [0.25, 0.3) is 98.9 Å². The van der Waals surface area contributed by atoms with Crippen molar-refractivity contribution in [3.8, 4) is 34.4 Å². The highest BCUT2D eigenvalue weighted by molar-refractivity contribution is 6.16. The second-order valence-electron chi connectivity index (χ2n) is 14.0. The molecule has 252 valence electrons. The largest absolute Gasteiger partial charge is 0.456 e. The lowest BCUT2D eigenvalue weighted by Gasteiger charge is -2.22. The first kappa shape index (κ1) is 28.2. The second-order valence-corrected chi connectivity index (χ2v) is 14.0. The third-order valence-corrected chi connectivity index (χ3v) is 11.2. The number of furan rings is 2. The lowest BCUT2D eigenvalue weighted by molar-refractivity contribution is 0.367. The molecule has 0 fully saturated rings. The first-order chi connectivity index (χ1) is 26.8. The Morgan fingerprint density at radius 1 is 0.315 bits per heavy atom. The lowest BCUT2D eigenvalue weighted by atomic mass is 10.1. The van der Waals surface area contributed by atoms with Crippen LogP contribution in [0, 0.1) is 0 Å². The van der Waals surface area contributed by atoms with Gasteiger partial charge in [0.1, 0.15) is 22.3 Å². The molecule has 8 aromatic carbocycles. The summed E-state index contributed by atoms with van der Waals surface area (Å²) >= 11 is 0. The zero-order valence-electron chi connectivity index (χ0n) is 28.5. The monoisotopic (exact) mass is 694 g/mol. The van der Waals surface area contributed by atoms with E-state index < -0.39 is 0 Å². The van der Waals surface area contributed by atoms with Gasteiger partial charge in [-0.2, -0.15) is 0 Å². The van der Waals surface area contributed by atoms with Crippen LogP contribution < -0.4 is 9.47 Å². The molecule has 6 heteroatoms. The van der Waals surface area contributed by atoms with Crippen molar-refractivity contribution in [2.45, 2.75) is 0 Å². The Labute approximate surface area is 306 Å². The van der Waals surface area contributed by atoms with Gasteiger partial charge in [0.15, 0.2) is 23.0 Å². The molecule has 0 aliphatic carbocycles. The number of nitrogens with zero attached hydrogens (tertiary/aromatic N) is 2. The molecular weight excluding hydrogens is 669 g/mol. The Morgan fingerprint density at radius 2 is 0.722 bits per heavy atom. The highest BCUT2D eigenvalue weighted by atomic mass is 16.6. The van der Waals surface area contributed by atoms with Crippen LogP contribution in [-0.2, 0) is 0 Å². The minimum absolute atomic E-state index is 0.685. The lowest BCUT2D eigenvalue weighted by Crippen LogP contribution is -2.01. The van der Waals surface area contributed by atoms with E-state index in [1.165, 1.54) is 0 Å². The van der Waals surface area contributed by atoms with Crippen molar-refractivity contribution in [1.29, 1.82) is 0 Å². The molecule has 54 heavy (non-hydrogen) atoms.